The molecule has 3 aromatic rings. The highest BCUT2D eigenvalue weighted by Crippen LogP contribution is 2.28. The lowest BCUT2D eigenvalue weighted by atomic mass is 10.1. The Bertz CT molecular complexity index is 842. The number of aromatic nitrogens is 2. The first-order valence-corrected chi connectivity index (χ1v) is 5.99. The van der Waals surface area contributed by atoms with Crippen LogP contribution in [0.15, 0.2) is 48.5 Å². The zero-order valence-corrected chi connectivity index (χ0v) is 10.4. The lowest BCUT2D eigenvalue weighted by Crippen LogP contribution is -2.09. The monoisotopic (exact) mass is 262 g/mol. The van der Waals surface area contributed by atoms with Gasteiger partial charge < -0.3 is 5.11 Å². The first-order chi connectivity index (χ1) is 9.70. The number of hydrogen-bond donors (Lipinski definition) is 1. The summed E-state index contributed by atoms with van der Waals surface area (Å²) in [5.41, 5.74) is 2.68. The minimum Gasteiger partial charge on any atom is -0.463 e. The summed E-state index contributed by atoms with van der Waals surface area (Å²) >= 11 is 0. The van der Waals surface area contributed by atoms with E-state index in [1.54, 1.807) is 18.2 Å². The fourth-order valence-electron chi connectivity index (χ4n) is 2.16. The van der Waals surface area contributed by atoms with Crippen LogP contribution in [0.1, 0.15) is 5.56 Å². The quantitative estimate of drug-likeness (QED) is 0.685. The summed E-state index contributed by atoms with van der Waals surface area (Å²) in [7, 11) is 0. The number of carboxylic acid groups (broad SMARTS) is 1. The number of terminal acetylenes is 1. The van der Waals surface area contributed by atoms with E-state index in [0.717, 1.165) is 15.6 Å². The van der Waals surface area contributed by atoms with Gasteiger partial charge in [0.25, 0.3) is 0 Å². The number of carbonyl (C=O) groups is 1. The third-order valence-corrected chi connectivity index (χ3v) is 3.07. The number of nitrogens with zero attached hydrogens (tertiary/aromatic N) is 2. The molecule has 0 atom stereocenters. The van der Waals surface area contributed by atoms with Crippen LogP contribution in [0, 0.1) is 12.3 Å². The van der Waals surface area contributed by atoms with Gasteiger partial charge in [0, 0.05) is 16.5 Å². The smallest absolute Gasteiger partial charge is 0.432 e. The van der Waals surface area contributed by atoms with Crippen LogP contribution in [0.4, 0.5) is 4.79 Å². The summed E-state index contributed by atoms with van der Waals surface area (Å²) in [6.45, 7) is 0. The topological polar surface area (TPSA) is 55.1 Å². The number of rotatable bonds is 1. The van der Waals surface area contributed by atoms with Gasteiger partial charge in [0.2, 0.25) is 0 Å². The lowest BCUT2D eigenvalue weighted by Gasteiger charge is -1.97. The van der Waals surface area contributed by atoms with Gasteiger partial charge in [0.15, 0.2) is 0 Å². The maximum atomic E-state index is 11.3. The Kier molecular flexibility index (Phi) is 2.73. The van der Waals surface area contributed by atoms with Crippen LogP contribution in [0.25, 0.3) is 22.2 Å². The average Bonchev–Trinajstić information content (AvgIpc) is 2.87. The van der Waals surface area contributed by atoms with Gasteiger partial charge in [0.05, 0.1) is 5.52 Å². The zero-order valence-electron chi connectivity index (χ0n) is 10.4. The Morgan fingerprint density at radius 3 is 2.60 bits per heavy atom. The summed E-state index contributed by atoms with van der Waals surface area (Å²) < 4.78 is 0.970. The van der Waals surface area contributed by atoms with E-state index in [1.807, 2.05) is 30.3 Å². The second-order valence-electron chi connectivity index (χ2n) is 4.29. The van der Waals surface area contributed by atoms with Gasteiger partial charge in [-0.15, -0.1) is 6.42 Å². The van der Waals surface area contributed by atoms with Gasteiger partial charge in [0.1, 0.15) is 5.69 Å². The van der Waals surface area contributed by atoms with E-state index >= 15 is 0 Å². The van der Waals surface area contributed by atoms with Gasteiger partial charge in [-0.3, -0.25) is 0 Å². The summed E-state index contributed by atoms with van der Waals surface area (Å²) in [4.78, 5) is 11.3. The van der Waals surface area contributed by atoms with Crippen molar-refractivity contribution in [1.29, 1.82) is 0 Å². The molecule has 1 N–H and O–H groups in total. The minimum absolute atomic E-state index is 0.523. The Morgan fingerprint density at radius 1 is 1.20 bits per heavy atom. The molecule has 2 aromatic carbocycles. The van der Waals surface area contributed by atoms with Crippen molar-refractivity contribution in [2.24, 2.45) is 0 Å². The van der Waals surface area contributed by atoms with Gasteiger partial charge in [-0.05, 0) is 18.2 Å². The third kappa shape index (κ3) is 1.82. The van der Waals surface area contributed by atoms with Crippen molar-refractivity contribution in [2.75, 3.05) is 0 Å². The average molecular weight is 262 g/mol. The second-order valence-corrected chi connectivity index (χ2v) is 4.29. The third-order valence-electron chi connectivity index (χ3n) is 3.07. The largest absolute Gasteiger partial charge is 0.463 e. The van der Waals surface area contributed by atoms with E-state index in [2.05, 4.69) is 11.0 Å². The van der Waals surface area contributed by atoms with Crippen LogP contribution in [-0.2, 0) is 0 Å². The molecule has 0 fully saturated rings. The van der Waals surface area contributed by atoms with Gasteiger partial charge in [-0.25, -0.2) is 4.79 Å². The molecule has 4 heteroatoms. The number of benzene rings is 2. The Balaban J connectivity index is 2.37. The van der Waals surface area contributed by atoms with Crippen molar-refractivity contribution in [2.45, 2.75) is 0 Å². The van der Waals surface area contributed by atoms with E-state index in [1.165, 1.54) is 0 Å². The van der Waals surface area contributed by atoms with Crippen molar-refractivity contribution in [3.05, 3.63) is 54.1 Å². The van der Waals surface area contributed by atoms with Crippen LogP contribution >= 0.6 is 0 Å². The maximum Gasteiger partial charge on any atom is 0.432 e. The Labute approximate surface area is 115 Å². The van der Waals surface area contributed by atoms with Gasteiger partial charge >= 0.3 is 6.09 Å². The number of fused-ring (bicyclic) bond motifs is 1. The fraction of sp³-hybridized carbons (Fsp3) is 0. The molecule has 0 saturated heterocycles. The molecule has 1 heterocycles. The van der Waals surface area contributed by atoms with Crippen molar-refractivity contribution in [3.8, 4) is 23.6 Å². The van der Waals surface area contributed by atoms with Crippen molar-refractivity contribution >= 4 is 17.0 Å². The zero-order chi connectivity index (χ0) is 14.1. The predicted molar refractivity (Wildman–Crippen MR) is 76.5 cm³/mol. The SMILES string of the molecule is C#Cc1ccc2c(c1)c(-c1ccccc1)nn2C(=O)O. The molecule has 0 spiro atoms. The molecule has 1 aromatic heterocycles. The van der Waals surface area contributed by atoms with Crippen molar-refractivity contribution < 1.29 is 9.90 Å². The highest BCUT2D eigenvalue weighted by molar-refractivity contribution is 5.98. The second kappa shape index (κ2) is 4.56. The fourth-order valence-corrected chi connectivity index (χ4v) is 2.16. The highest BCUT2D eigenvalue weighted by Gasteiger charge is 2.16. The maximum absolute atomic E-state index is 11.3. The van der Waals surface area contributed by atoms with E-state index in [-0.39, 0.29) is 0 Å². The molecule has 0 saturated carbocycles. The molecular weight excluding hydrogens is 252 g/mol. The van der Waals surface area contributed by atoms with Gasteiger partial charge in [-0.2, -0.15) is 9.78 Å². The Hall–Kier alpha value is -3.06. The predicted octanol–water partition coefficient (Wildman–Crippen LogP) is 3.21. The summed E-state index contributed by atoms with van der Waals surface area (Å²) in [5.74, 6) is 2.55. The van der Waals surface area contributed by atoms with Crippen molar-refractivity contribution in [3.63, 3.8) is 0 Å². The van der Waals surface area contributed by atoms with E-state index in [9.17, 15) is 9.90 Å². The molecule has 96 valence electrons. The standard InChI is InChI=1S/C16H10N2O2/c1-2-11-8-9-14-13(10-11)15(17-18(14)16(19)20)12-6-4-3-5-7-12/h1,3-10H,(H,19,20). The molecule has 0 unspecified atom stereocenters. The summed E-state index contributed by atoms with van der Waals surface area (Å²) in [6, 6.07) is 14.6. The molecule has 0 radical (unpaired) electrons. The summed E-state index contributed by atoms with van der Waals surface area (Å²) in [6.07, 6.45) is 4.28. The first-order valence-electron chi connectivity index (χ1n) is 5.99. The van der Waals surface area contributed by atoms with E-state index < -0.39 is 6.09 Å². The van der Waals surface area contributed by atoms with Crippen LogP contribution < -0.4 is 0 Å². The summed E-state index contributed by atoms with van der Waals surface area (Å²) in [5, 5.41) is 14.1. The minimum atomic E-state index is -1.12. The molecule has 0 aliphatic rings. The van der Waals surface area contributed by atoms with Crippen LogP contribution in [0.5, 0.6) is 0 Å². The molecule has 4 nitrogen and oxygen atoms in total. The van der Waals surface area contributed by atoms with E-state index in [4.69, 9.17) is 6.42 Å². The normalized spacial score (nSPS) is 10.3. The van der Waals surface area contributed by atoms with Gasteiger partial charge in [-0.1, -0.05) is 36.3 Å². The highest BCUT2D eigenvalue weighted by atomic mass is 16.4. The van der Waals surface area contributed by atoms with Crippen molar-refractivity contribution in [1.82, 2.24) is 9.78 Å². The lowest BCUT2D eigenvalue weighted by molar-refractivity contribution is 0.194. The molecule has 3 rings (SSSR count). The molecule has 0 bridgehead atoms. The molecule has 0 aliphatic carbocycles. The molecule has 20 heavy (non-hydrogen) atoms. The first kappa shape index (κ1) is 12.0. The number of hydrogen-bond acceptors (Lipinski definition) is 2. The molecular formula is C16H10N2O2. The van der Waals surface area contributed by atoms with Crippen LogP contribution in [-0.4, -0.2) is 21.0 Å². The Morgan fingerprint density at radius 2 is 1.95 bits per heavy atom. The van der Waals surface area contributed by atoms with Crippen LogP contribution in [0.3, 0.4) is 0 Å². The molecule has 0 aliphatic heterocycles. The molecule has 0 amide bonds. The van der Waals surface area contributed by atoms with E-state index in [0.29, 0.717) is 16.8 Å². The van der Waals surface area contributed by atoms with Crippen LogP contribution in [0.2, 0.25) is 0 Å².